The number of alkyl halides is 2. The molecule has 6 unspecified atom stereocenters. The SMILES string of the molecule is COc1ccc(C2C3=CCC4C(=O)N(c5ccc(C=Cc6cc(OC)ccc6OC)cc5)C(=O)C4C3CC3(Cl)C(=O)N(c4ccc(F)cc4)C(=O)C23Cl)c(O)c1. The van der Waals surface area contributed by atoms with Gasteiger partial charge in [0.25, 0.3) is 11.8 Å². The van der Waals surface area contributed by atoms with Crippen LogP contribution in [-0.2, 0) is 19.2 Å². The molecule has 56 heavy (non-hydrogen) atoms. The van der Waals surface area contributed by atoms with Crippen molar-refractivity contribution in [1.82, 2.24) is 0 Å². The van der Waals surface area contributed by atoms with Crippen molar-refractivity contribution in [3.63, 3.8) is 0 Å². The number of phenolic OH excluding ortho intramolecular Hbond substituents is 1. The predicted octanol–water partition coefficient (Wildman–Crippen LogP) is 7.50. The standard InChI is InChI=1S/C43H35Cl2FN2O8/c1-54-28-15-19-35(56-3)24(20-28)7-4-23-5-10-26(11-6-23)47-38(50)32-18-17-30-33(36(32)39(47)51)22-42(44)40(52)48(27-12-8-25(46)9-13-27)41(53)43(42,45)37(30)31-16-14-29(55-2)21-34(31)49/h4-17,19-21,32-33,36-37,49H,18,22H2,1-3H3. The summed E-state index contributed by atoms with van der Waals surface area (Å²) in [5.41, 5.74) is 2.72. The van der Waals surface area contributed by atoms with Crippen molar-refractivity contribution in [1.29, 1.82) is 0 Å². The van der Waals surface area contributed by atoms with Crippen LogP contribution in [0.15, 0.2) is 96.6 Å². The Morgan fingerprint density at radius 3 is 2.05 bits per heavy atom. The van der Waals surface area contributed by atoms with E-state index in [1.807, 2.05) is 18.2 Å². The number of nitrogens with zero attached hydrogens (tertiary/aromatic N) is 2. The van der Waals surface area contributed by atoms with E-state index in [1.165, 1.54) is 30.2 Å². The number of hydrogen-bond donors (Lipinski definition) is 1. The van der Waals surface area contributed by atoms with Gasteiger partial charge in [0.05, 0.1) is 44.5 Å². The van der Waals surface area contributed by atoms with Crippen molar-refractivity contribution in [2.75, 3.05) is 31.1 Å². The molecule has 2 saturated heterocycles. The third-order valence-electron chi connectivity index (χ3n) is 11.5. The van der Waals surface area contributed by atoms with Gasteiger partial charge in [-0.15, -0.1) is 23.2 Å². The van der Waals surface area contributed by atoms with Crippen LogP contribution in [0, 0.1) is 23.6 Å². The number of fused-ring (bicyclic) bond motifs is 4. The van der Waals surface area contributed by atoms with Crippen molar-refractivity contribution < 1.29 is 42.9 Å². The lowest BCUT2D eigenvalue weighted by Crippen LogP contribution is -2.60. The topological polar surface area (TPSA) is 123 Å². The van der Waals surface area contributed by atoms with E-state index in [0.29, 0.717) is 28.5 Å². The highest BCUT2D eigenvalue weighted by molar-refractivity contribution is 6.58. The summed E-state index contributed by atoms with van der Waals surface area (Å²) >= 11 is 14.8. The summed E-state index contributed by atoms with van der Waals surface area (Å²) in [6.07, 6.45) is 5.41. The maximum absolute atomic E-state index is 14.6. The maximum Gasteiger partial charge on any atom is 0.258 e. The van der Waals surface area contributed by atoms with Gasteiger partial charge < -0.3 is 19.3 Å². The fraction of sp³-hybridized carbons (Fsp3) is 0.256. The van der Waals surface area contributed by atoms with Gasteiger partial charge in [0.1, 0.15) is 28.8 Å². The van der Waals surface area contributed by atoms with Gasteiger partial charge in [-0.25, -0.2) is 9.29 Å². The lowest BCUT2D eigenvalue weighted by Gasteiger charge is -2.50. The molecule has 0 aromatic heterocycles. The summed E-state index contributed by atoms with van der Waals surface area (Å²) in [5, 5.41) is 11.4. The van der Waals surface area contributed by atoms with E-state index < -0.39 is 62.9 Å². The minimum Gasteiger partial charge on any atom is -0.508 e. The summed E-state index contributed by atoms with van der Waals surface area (Å²) in [6, 6.07) is 21.7. The molecule has 286 valence electrons. The largest absolute Gasteiger partial charge is 0.508 e. The van der Waals surface area contributed by atoms with Crippen LogP contribution in [0.25, 0.3) is 12.2 Å². The number of phenols is 1. The second-order valence-corrected chi connectivity index (χ2v) is 15.5. The van der Waals surface area contributed by atoms with Crippen LogP contribution < -0.4 is 24.0 Å². The molecule has 1 saturated carbocycles. The number of halogens is 3. The molecule has 3 fully saturated rings. The fourth-order valence-corrected chi connectivity index (χ4v) is 9.71. The molecule has 4 aromatic rings. The number of imide groups is 2. The van der Waals surface area contributed by atoms with E-state index in [0.717, 1.165) is 28.2 Å². The van der Waals surface area contributed by atoms with Crippen molar-refractivity contribution in [3.8, 4) is 23.0 Å². The van der Waals surface area contributed by atoms with Crippen molar-refractivity contribution in [2.45, 2.75) is 28.5 Å². The van der Waals surface area contributed by atoms with Crippen LogP contribution in [0.4, 0.5) is 15.8 Å². The maximum atomic E-state index is 14.6. The van der Waals surface area contributed by atoms with Crippen molar-refractivity contribution in [3.05, 3.63) is 119 Å². The highest BCUT2D eigenvalue weighted by Gasteiger charge is 2.77. The Morgan fingerprint density at radius 1 is 0.750 bits per heavy atom. The molecule has 6 atom stereocenters. The first-order valence-corrected chi connectivity index (χ1v) is 18.6. The molecule has 2 heterocycles. The highest BCUT2D eigenvalue weighted by atomic mass is 35.5. The van der Waals surface area contributed by atoms with E-state index in [9.17, 15) is 28.7 Å². The van der Waals surface area contributed by atoms with Crippen LogP contribution in [0.3, 0.4) is 0 Å². The lowest BCUT2D eigenvalue weighted by atomic mass is 9.56. The Morgan fingerprint density at radius 2 is 1.39 bits per heavy atom. The van der Waals surface area contributed by atoms with Gasteiger partial charge in [-0.05, 0) is 85.0 Å². The summed E-state index contributed by atoms with van der Waals surface area (Å²) in [7, 11) is 4.59. The molecule has 2 aliphatic carbocycles. The second kappa shape index (κ2) is 13.8. The number of carbonyl (C=O) groups is 4. The number of benzene rings is 4. The number of amides is 4. The van der Waals surface area contributed by atoms with Gasteiger partial charge in [0.2, 0.25) is 11.8 Å². The summed E-state index contributed by atoms with van der Waals surface area (Å²) in [5.74, 6) is -5.57. The Bertz CT molecular complexity index is 2370. The van der Waals surface area contributed by atoms with Crippen LogP contribution in [0.2, 0.25) is 0 Å². The van der Waals surface area contributed by atoms with E-state index >= 15 is 0 Å². The summed E-state index contributed by atoms with van der Waals surface area (Å²) in [6.45, 7) is 0. The molecule has 13 heteroatoms. The van der Waals surface area contributed by atoms with Crippen molar-refractivity contribution in [2.24, 2.45) is 17.8 Å². The molecule has 4 aromatic carbocycles. The van der Waals surface area contributed by atoms with E-state index in [1.54, 1.807) is 68.8 Å². The fourth-order valence-electron chi connectivity index (χ4n) is 8.78. The number of ether oxygens (including phenoxy) is 3. The molecular weight excluding hydrogens is 762 g/mol. The molecule has 10 nitrogen and oxygen atoms in total. The Hall–Kier alpha value is -5.65. The molecule has 0 spiro atoms. The number of hydrogen-bond acceptors (Lipinski definition) is 8. The second-order valence-electron chi connectivity index (χ2n) is 14.2. The van der Waals surface area contributed by atoms with Gasteiger partial charge in [-0.3, -0.25) is 24.1 Å². The minimum atomic E-state index is -2.19. The van der Waals surface area contributed by atoms with Gasteiger partial charge in [-0.1, -0.05) is 42.0 Å². The smallest absolute Gasteiger partial charge is 0.258 e. The van der Waals surface area contributed by atoms with E-state index in [2.05, 4.69) is 0 Å². The molecular formula is C43H35Cl2FN2O8. The molecule has 1 N–H and O–H groups in total. The van der Waals surface area contributed by atoms with Gasteiger partial charge in [0, 0.05) is 23.1 Å². The van der Waals surface area contributed by atoms with E-state index in [4.69, 9.17) is 37.4 Å². The Kier molecular flexibility index (Phi) is 9.20. The third-order valence-corrected chi connectivity index (χ3v) is 12.9. The zero-order valence-electron chi connectivity index (χ0n) is 30.4. The zero-order valence-corrected chi connectivity index (χ0v) is 31.9. The summed E-state index contributed by atoms with van der Waals surface area (Å²) < 4.78 is 30.1. The zero-order chi connectivity index (χ0) is 39.7. The molecule has 4 amide bonds. The molecule has 0 radical (unpaired) electrons. The lowest BCUT2D eigenvalue weighted by molar-refractivity contribution is -0.125. The van der Waals surface area contributed by atoms with Gasteiger partial charge >= 0.3 is 0 Å². The van der Waals surface area contributed by atoms with Gasteiger partial charge in [0.15, 0.2) is 9.75 Å². The summed E-state index contributed by atoms with van der Waals surface area (Å²) in [4.78, 5) is 55.4. The quantitative estimate of drug-likeness (QED) is 0.0843. The highest BCUT2D eigenvalue weighted by Crippen LogP contribution is 2.66. The van der Waals surface area contributed by atoms with Crippen LogP contribution >= 0.6 is 23.2 Å². The van der Waals surface area contributed by atoms with Crippen molar-refractivity contribution >= 4 is 70.4 Å². The van der Waals surface area contributed by atoms with E-state index in [-0.39, 0.29) is 29.8 Å². The van der Waals surface area contributed by atoms with Gasteiger partial charge in [-0.2, -0.15) is 0 Å². The Labute approximate surface area is 331 Å². The van der Waals surface area contributed by atoms with Crippen LogP contribution in [-0.4, -0.2) is 59.8 Å². The minimum absolute atomic E-state index is 0.0580. The average molecular weight is 798 g/mol. The number of anilines is 2. The number of methoxy groups -OCH3 is 3. The third kappa shape index (κ3) is 5.50. The molecule has 8 rings (SSSR count). The first-order chi connectivity index (χ1) is 26.9. The van der Waals surface area contributed by atoms with Crippen LogP contribution in [0.1, 0.15) is 35.4 Å². The molecule has 2 aliphatic heterocycles. The number of allylic oxidation sites excluding steroid dienone is 2. The normalized spacial score (nSPS) is 26.9. The van der Waals surface area contributed by atoms with Crippen LogP contribution in [0.5, 0.6) is 23.0 Å². The Balaban J connectivity index is 1.16. The molecule has 0 bridgehead atoms. The number of carbonyl (C=O) groups excluding carboxylic acids is 4. The average Bonchev–Trinajstić information content (AvgIpc) is 3.55. The first-order valence-electron chi connectivity index (χ1n) is 17.8. The number of aromatic hydroxyl groups is 1. The molecule has 4 aliphatic rings. The number of rotatable bonds is 8. The predicted molar refractivity (Wildman–Crippen MR) is 209 cm³/mol. The monoisotopic (exact) mass is 796 g/mol. The first kappa shape index (κ1) is 37.3.